The van der Waals surface area contributed by atoms with Crippen molar-refractivity contribution in [1.82, 2.24) is 0 Å². The number of anilines is 1. The molecule has 10 heteroatoms. The molecule has 0 fully saturated rings. The van der Waals surface area contributed by atoms with E-state index in [-0.39, 0.29) is 6.07 Å². The Bertz CT molecular complexity index is 567. The van der Waals surface area contributed by atoms with E-state index in [0.29, 0.717) is 0 Å². The summed E-state index contributed by atoms with van der Waals surface area (Å²) >= 11 is 0. The van der Waals surface area contributed by atoms with E-state index in [1.54, 1.807) is 0 Å². The minimum atomic E-state index is -5.69. The minimum Gasteiger partial charge on any atom is -0.398 e. The van der Waals surface area contributed by atoms with Crippen LogP contribution in [0.3, 0.4) is 0 Å². The number of nitrogens with two attached hydrogens (primary N) is 1. The Labute approximate surface area is 92.9 Å². The Balaban J connectivity index is 3.52. The van der Waals surface area contributed by atoms with Crippen LogP contribution in [0.1, 0.15) is 0 Å². The van der Waals surface area contributed by atoms with Crippen LogP contribution in [0.5, 0.6) is 0 Å². The number of hydrogen-bond acceptors (Lipinski definition) is 5. The highest BCUT2D eigenvalue weighted by Gasteiger charge is 2.48. The number of nitro benzene ring substituents is 1. The summed E-state index contributed by atoms with van der Waals surface area (Å²) in [5, 5.41) is 10.3. The minimum absolute atomic E-state index is 0.276. The fourth-order valence-electron chi connectivity index (χ4n) is 0.994. The SMILES string of the molecule is Nc1ccc([N+](=O)[O-])cc1S(=O)(=O)C(F)(F)F. The third kappa shape index (κ3) is 2.30. The molecule has 1 aromatic carbocycles. The number of hydrogen-bond donors (Lipinski definition) is 1. The average molecular weight is 270 g/mol. The number of benzene rings is 1. The van der Waals surface area contributed by atoms with Gasteiger partial charge in [-0.3, -0.25) is 10.1 Å². The zero-order chi connectivity index (χ0) is 13.4. The largest absolute Gasteiger partial charge is 0.501 e. The van der Waals surface area contributed by atoms with Gasteiger partial charge in [0.1, 0.15) is 4.90 Å². The molecular weight excluding hydrogens is 265 g/mol. The molecule has 0 atom stereocenters. The lowest BCUT2D eigenvalue weighted by atomic mass is 10.3. The van der Waals surface area contributed by atoms with E-state index in [4.69, 9.17) is 5.73 Å². The van der Waals surface area contributed by atoms with Crippen LogP contribution >= 0.6 is 0 Å². The van der Waals surface area contributed by atoms with E-state index in [1.165, 1.54) is 0 Å². The predicted molar refractivity (Wildman–Crippen MR) is 50.7 cm³/mol. The molecule has 6 nitrogen and oxygen atoms in total. The quantitative estimate of drug-likeness (QED) is 0.498. The first-order chi connectivity index (χ1) is 7.57. The van der Waals surface area contributed by atoms with E-state index in [1.807, 2.05) is 0 Å². The molecule has 0 heterocycles. The second-order valence-electron chi connectivity index (χ2n) is 2.93. The van der Waals surface area contributed by atoms with Crippen LogP contribution in [0.15, 0.2) is 23.1 Å². The lowest BCUT2D eigenvalue weighted by molar-refractivity contribution is -0.385. The van der Waals surface area contributed by atoms with Crippen LogP contribution in [0.4, 0.5) is 24.5 Å². The summed E-state index contributed by atoms with van der Waals surface area (Å²) < 4.78 is 58.7. The smallest absolute Gasteiger partial charge is 0.398 e. The van der Waals surface area contributed by atoms with Crippen molar-refractivity contribution in [1.29, 1.82) is 0 Å². The summed E-state index contributed by atoms with van der Waals surface area (Å²) in [5.41, 5.74) is -1.98. The summed E-state index contributed by atoms with van der Waals surface area (Å²) in [6, 6.07) is 1.82. The standard InChI is InChI=1S/C7H5F3N2O4S/c8-7(9,10)17(15,16)6-3-4(12(13)14)1-2-5(6)11/h1-3H,11H2. The number of nitrogens with zero attached hydrogens (tertiary/aromatic N) is 1. The Kier molecular flexibility index (Phi) is 3.01. The molecule has 1 rings (SSSR count). The second kappa shape index (κ2) is 3.87. The highest BCUT2D eigenvalue weighted by molar-refractivity contribution is 7.92. The molecule has 0 spiro atoms. The maximum Gasteiger partial charge on any atom is 0.501 e. The molecule has 0 aromatic heterocycles. The highest BCUT2D eigenvalue weighted by Crippen LogP contribution is 2.34. The molecular formula is C7H5F3N2O4S. The first-order valence-corrected chi connectivity index (χ1v) is 5.41. The Hall–Kier alpha value is -1.84. The van der Waals surface area contributed by atoms with Crippen molar-refractivity contribution in [3.8, 4) is 0 Å². The van der Waals surface area contributed by atoms with E-state index in [9.17, 15) is 31.7 Å². The van der Waals surface area contributed by atoms with Crippen LogP contribution in [0.25, 0.3) is 0 Å². The number of non-ortho nitro benzene ring substituents is 1. The van der Waals surface area contributed by atoms with Crippen molar-refractivity contribution in [2.75, 3.05) is 5.73 Å². The van der Waals surface area contributed by atoms with Crippen LogP contribution in [-0.4, -0.2) is 18.8 Å². The molecule has 0 aliphatic heterocycles. The molecule has 17 heavy (non-hydrogen) atoms. The number of nitro groups is 1. The number of nitrogen functional groups attached to an aromatic ring is 1. The van der Waals surface area contributed by atoms with Crippen molar-refractivity contribution in [2.45, 2.75) is 10.4 Å². The Morgan fingerprint density at radius 2 is 1.82 bits per heavy atom. The van der Waals surface area contributed by atoms with Gasteiger partial charge in [-0.1, -0.05) is 0 Å². The van der Waals surface area contributed by atoms with Gasteiger partial charge < -0.3 is 5.73 Å². The Morgan fingerprint density at radius 3 is 2.24 bits per heavy atom. The summed E-state index contributed by atoms with van der Waals surface area (Å²) in [4.78, 5) is 7.99. The fourth-order valence-corrected chi connectivity index (χ4v) is 1.90. The van der Waals surface area contributed by atoms with Gasteiger partial charge in [0.15, 0.2) is 0 Å². The van der Waals surface area contributed by atoms with Crippen LogP contribution < -0.4 is 5.73 Å². The lowest BCUT2D eigenvalue weighted by Crippen LogP contribution is -2.24. The first kappa shape index (κ1) is 13.2. The molecule has 2 N–H and O–H groups in total. The van der Waals surface area contributed by atoms with Gasteiger partial charge in [0.25, 0.3) is 15.5 Å². The second-order valence-corrected chi connectivity index (χ2v) is 4.84. The molecule has 0 radical (unpaired) electrons. The van der Waals surface area contributed by atoms with E-state index >= 15 is 0 Å². The van der Waals surface area contributed by atoms with Crippen LogP contribution in [0, 0.1) is 10.1 Å². The number of alkyl halides is 3. The summed E-state index contributed by atoms with van der Waals surface area (Å²) in [6.45, 7) is 0. The van der Waals surface area contributed by atoms with E-state index in [2.05, 4.69) is 0 Å². The van der Waals surface area contributed by atoms with Crippen molar-refractivity contribution in [2.24, 2.45) is 0 Å². The maximum atomic E-state index is 12.2. The number of rotatable bonds is 2. The topological polar surface area (TPSA) is 103 Å². The molecule has 0 unspecified atom stereocenters. The summed E-state index contributed by atoms with van der Waals surface area (Å²) in [7, 11) is -5.69. The van der Waals surface area contributed by atoms with Gasteiger partial charge in [0.05, 0.1) is 10.6 Å². The number of halogens is 3. The Morgan fingerprint density at radius 1 is 1.29 bits per heavy atom. The summed E-state index contributed by atoms with van der Waals surface area (Å²) in [6.07, 6.45) is 0. The first-order valence-electron chi connectivity index (χ1n) is 3.92. The van der Waals surface area contributed by atoms with Gasteiger partial charge in [-0.2, -0.15) is 13.2 Å². The highest BCUT2D eigenvalue weighted by atomic mass is 32.2. The van der Waals surface area contributed by atoms with Gasteiger partial charge in [-0.15, -0.1) is 0 Å². The van der Waals surface area contributed by atoms with Gasteiger partial charge in [0.2, 0.25) is 0 Å². The monoisotopic (exact) mass is 270 g/mol. The predicted octanol–water partition coefficient (Wildman–Crippen LogP) is 1.47. The van der Waals surface area contributed by atoms with E-state index < -0.39 is 36.5 Å². The van der Waals surface area contributed by atoms with Gasteiger partial charge in [0, 0.05) is 12.1 Å². The molecule has 0 saturated carbocycles. The van der Waals surface area contributed by atoms with Gasteiger partial charge >= 0.3 is 5.51 Å². The van der Waals surface area contributed by atoms with Crippen molar-refractivity contribution in [3.05, 3.63) is 28.3 Å². The van der Waals surface area contributed by atoms with Gasteiger partial charge in [-0.25, -0.2) is 8.42 Å². The molecule has 0 amide bonds. The van der Waals surface area contributed by atoms with Crippen molar-refractivity contribution >= 4 is 21.2 Å². The zero-order valence-corrected chi connectivity index (χ0v) is 8.75. The molecule has 0 saturated heterocycles. The normalized spacial score (nSPS) is 12.4. The molecule has 0 bridgehead atoms. The van der Waals surface area contributed by atoms with Crippen molar-refractivity contribution in [3.63, 3.8) is 0 Å². The van der Waals surface area contributed by atoms with Crippen LogP contribution in [0.2, 0.25) is 0 Å². The zero-order valence-electron chi connectivity index (χ0n) is 7.93. The van der Waals surface area contributed by atoms with Crippen LogP contribution in [-0.2, 0) is 9.84 Å². The molecule has 0 aliphatic carbocycles. The van der Waals surface area contributed by atoms with Crippen molar-refractivity contribution < 1.29 is 26.5 Å². The summed E-state index contributed by atoms with van der Waals surface area (Å²) in [5.74, 6) is 0. The third-order valence-corrected chi connectivity index (χ3v) is 3.34. The molecule has 0 aliphatic rings. The van der Waals surface area contributed by atoms with E-state index in [0.717, 1.165) is 12.1 Å². The number of sulfone groups is 1. The molecule has 94 valence electrons. The average Bonchev–Trinajstić information content (AvgIpc) is 2.15. The molecule has 1 aromatic rings. The maximum absolute atomic E-state index is 12.2. The third-order valence-electron chi connectivity index (χ3n) is 1.80. The lowest BCUT2D eigenvalue weighted by Gasteiger charge is -2.09. The van der Waals surface area contributed by atoms with Gasteiger partial charge in [-0.05, 0) is 6.07 Å². The fraction of sp³-hybridized carbons (Fsp3) is 0.143.